The number of aliphatic carboxylic acids is 1. The summed E-state index contributed by atoms with van der Waals surface area (Å²) in [6, 6.07) is 0. The summed E-state index contributed by atoms with van der Waals surface area (Å²) < 4.78 is 4.65. The molecule has 0 aliphatic rings. The van der Waals surface area contributed by atoms with Crippen LogP contribution in [0.5, 0.6) is 0 Å². The first kappa shape index (κ1) is 9.68. The summed E-state index contributed by atoms with van der Waals surface area (Å²) in [4.78, 5) is 13.6. The van der Waals surface area contributed by atoms with E-state index in [1.807, 2.05) is 0 Å². The van der Waals surface area contributed by atoms with Crippen LogP contribution in [0, 0.1) is 0 Å². The molecule has 0 saturated heterocycles. The average Bonchev–Trinajstić information content (AvgIpc) is 2.15. The summed E-state index contributed by atoms with van der Waals surface area (Å²) in [5.41, 5.74) is 0. The van der Waals surface area contributed by atoms with Gasteiger partial charge in [-0.1, -0.05) is 0 Å². The monoisotopic (exact) mass is 151 g/mol. The van der Waals surface area contributed by atoms with Crippen molar-refractivity contribution in [2.45, 2.75) is 6.42 Å². The van der Waals surface area contributed by atoms with E-state index in [0.717, 1.165) is 0 Å². The minimum absolute atomic E-state index is 0. The molecule has 0 aliphatic carbocycles. The number of hydrogen-bond acceptors (Lipinski definition) is 3. The molecule has 0 fully saturated rings. The maximum atomic E-state index is 9.97. The first-order valence-electron chi connectivity index (χ1n) is 2.39. The Kier molecular flexibility index (Phi) is 4.34. The van der Waals surface area contributed by atoms with E-state index < -0.39 is 5.97 Å². The van der Waals surface area contributed by atoms with Gasteiger partial charge in [0.25, 0.3) is 0 Å². The molecule has 1 rings (SSSR count). The molecule has 0 radical (unpaired) electrons. The van der Waals surface area contributed by atoms with Crippen LogP contribution in [-0.2, 0) is 11.2 Å². The number of carbonyl (C=O) groups is 1. The Labute approximate surface area is 79.5 Å². The van der Waals surface area contributed by atoms with Gasteiger partial charge in [-0.15, -0.1) is 0 Å². The van der Waals surface area contributed by atoms with Crippen LogP contribution < -0.4 is 0 Å². The van der Waals surface area contributed by atoms with Crippen LogP contribution in [0.1, 0.15) is 5.89 Å². The molecular formula is C5H6NNaO3. The fourth-order valence-corrected chi connectivity index (χ4v) is 0.470. The zero-order valence-electron chi connectivity index (χ0n) is 4.57. The molecule has 1 heterocycles. The fraction of sp³-hybridized carbons (Fsp3) is 0.200. The molecule has 10 heavy (non-hydrogen) atoms. The number of oxazole rings is 1. The van der Waals surface area contributed by atoms with E-state index in [9.17, 15) is 4.79 Å². The molecular weight excluding hydrogens is 145 g/mol. The molecule has 0 aromatic carbocycles. The van der Waals surface area contributed by atoms with Gasteiger partial charge in [0.2, 0.25) is 5.89 Å². The second kappa shape index (κ2) is 4.49. The first-order valence-corrected chi connectivity index (χ1v) is 2.39. The fourth-order valence-electron chi connectivity index (χ4n) is 0.470. The summed E-state index contributed by atoms with van der Waals surface area (Å²) in [7, 11) is 0. The van der Waals surface area contributed by atoms with Crippen molar-refractivity contribution >= 4 is 35.5 Å². The van der Waals surface area contributed by atoms with E-state index in [1.165, 1.54) is 12.5 Å². The number of aromatic nitrogens is 1. The van der Waals surface area contributed by atoms with Gasteiger partial charge in [-0.05, 0) is 0 Å². The van der Waals surface area contributed by atoms with E-state index in [2.05, 4.69) is 9.40 Å². The molecule has 0 aliphatic heterocycles. The average molecular weight is 151 g/mol. The molecule has 1 aromatic heterocycles. The zero-order chi connectivity index (χ0) is 6.69. The van der Waals surface area contributed by atoms with Crippen LogP contribution in [-0.4, -0.2) is 45.6 Å². The first-order chi connectivity index (χ1) is 4.29. The summed E-state index contributed by atoms with van der Waals surface area (Å²) in [6.45, 7) is 0. The molecule has 5 heteroatoms. The topological polar surface area (TPSA) is 63.3 Å². The summed E-state index contributed by atoms with van der Waals surface area (Å²) in [5, 5.41) is 8.19. The van der Waals surface area contributed by atoms with Gasteiger partial charge in [-0.3, -0.25) is 4.79 Å². The van der Waals surface area contributed by atoms with Crippen molar-refractivity contribution in [2.75, 3.05) is 0 Å². The Balaban J connectivity index is 0.000000810. The van der Waals surface area contributed by atoms with Gasteiger partial charge in [0.15, 0.2) is 0 Å². The summed E-state index contributed by atoms with van der Waals surface area (Å²) in [5.74, 6) is -0.694. The number of hydrogen-bond donors (Lipinski definition) is 1. The number of carboxylic acids is 1. The van der Waals surface area contributed by atoms with Gasteiger partial charge in [-0.25, -0.2) is 4.98 Å². The van der Waals surface area contributed by atoms with Crippen LogP contribution in [0.25, 0.3) is 0 Å². The van der Waals surface area contributed by atoms with E-state index in [-0.39, 0.29) is 41.9 Å². The summed E-state index contributed by atoms with van der Waals surface area (Å²) in [6.07, 6.45) is 2.61. The molecule has 0 bridgehead atoms. The van der Waals surface area contributed by atoms with Crippen LogP contribution in [0.4, 0.5) is 0 Å². The quantitative estimate of drug-likeness (QED) is 0.587. The predicted molar refractivity (Wildman–Crippen MR) is 35.0 cm³/mol. The third-order valence-corrected chi connectivity index (χ3v) is 0.786. The van der Waals surface area contributed by atoms with Crippen LogP contribution in [0.15, 0.2) is 16.9 Å². The number of rotatable bonds is 2. The summed E-state index contributed by atoms with van der Waals surface area (Å²) >= 11 is 0. The van der Waals surface area contributed by atoms with Crippen molar-refractivity contribution in [1.82, 2.24) is 4.98 Å². The van der Waals surface area contributed by atoms with Gasteiger partial charge in [0, 0.05) is 0 Å². The Morgan fingerprint density at radius 3 is 2.90 bits per heavy atom. The van der Waals surface area contributed by atoms with E-state index in [0.29, 0.717) is 0 Å². The zero-order valence-corrected chi connectivity index (χ0v) is 4.57. The molecule has 4 nitrogen and oxygen atoms in total. The normalized spacial score (nSPS) is 8.40. The second-order valence-corrected chi connectivity index (χ2v) is 1.50. The molecule has 0 amide bonds. The van der Waals surface area contributed by atoms with Crippen LogP contribution in [0.2, 0.25) is 0 Å². The third kappa shape index (κ3) is 3.00. The standard InChI is InChI=1S/C5H5NO3.Na.H/c7-5(8)3-4-6-1-2-9-4;;/h1-2H,3H2,(H,7,8);;. The van der Waals surface area contributed by atoms with Crippen molar-refractivity contribution in [2.24, 2.45) is 0 Å². The Morgan fingerprint density at radius 1 is 1.80 bits per heavy atom. The molecule has 1 aromatic rings. The molecule has 0 unspecified atom stereocenters. The van der Waals surface area contributed by atoms with Gasteiger partial charge >= 0.3 is 35.5 Å². The van der Waals surface area contributed by atoms with Crippen molar-refractivity contribution in [3.8, 4) is 0 Å². The van der Waals surface area contributed by atoms with Crippen molar-refractivity contribution in [3.63, 3.8) is 0 Å². The molecule has 0 atom stereocenters. The molecule has 1 N–H and O–H groups in total. The number of carboxylic acid groups (broad SMARTS) is 1. The van der Waals surface area contributed by atoms with Crippen LogP contribution in [0.3, 0.4) is 0 Å². The Morgan fingerprint density at radius 2 is 2.50 bits per heavy atom. The van der Waals surface area contributed by atoms with Crippen molar-refractivity contribution < 1.29 is 14.3 Å². The van der Waals surface area contributed by atoms with Gasteiger partial charge in [0.05, 0.1) is 6.20 Å². The predicted octanol–water partition coefficient (Wildman–Crippen LogP) is -0.347. The van der Waals surface area contributed by atoms with Gasteiger partial charge < -0.3 is 9.52 Å². The molecule has 50 valence electrons. The minimum atomic E-state index is -0.933. The molecule has 0 spiro atoms. The second-order valence-electron chi connectivity index (χ2n) is 1.50. The SMILES string of the molecule is O=C(O)Cc1ncco1.[NaH]. The van der Waals surface area contributed by atoms with Crippen molar-refractivity contribution in [1.29, 1.82) is 0 Å². The third-order valence-electron chi connectivity index (χ3n) is 0.786. The van der Waals surface area contributed by atoms with Crippen LogP contribution >= 0.6 is 0 Å². The van der Waals surface area contributed by atoms with Crippen molar-refractivity contribution in [3.05, 3.63) is 18.4 Å². The van der Waals surface area contributed by atoms with E-state index >= 15 is 0 Å². The van der Waals surface area contributed by atoms with E-state index in [1.54, 1.807) is 0 Å². The Bertz CT molecular complexity index is 197. The molecule has 0 saturated carbocycles. The Hall–Kier alpha value is -0.320. The maximum absolute atomic E-state index is 9.97. The van der Waals surface area contributed by atoms with E-state index in [4.69, 9.17) is 5.11 Å². The van der Waals surface area contributed by atoms with Gasteiger partial charge in [-0.2, -0.15) is 0 Å². The van der Waals surface area contributed by atoms with Gasteiger partial charge in [0.1, 0.15) is 12.7 Å². The number of nitrogens with zero attached hydrogens (tertiary/aromatic N) is 1.